The quantitative estimate of drug-likeness (QED) is 0.608. The van der Waals surface area contributed by atoms with Crippen molar-refractivity contribution < 1.29 is 4.57 Å². The van der Waals surface area contributed by atoms with Crippen molar-refractivity contribution in [3.8, 4) is 0 Å². The van der Waals surface area contributed by atoms with E-state index in [1.165, 1.54) is 11.0 Å². The van der Waals surface area contributed by atoms with Crippen molar-refractivity contribution >= 4 is 19.3 Å². The third-order valence-electron chi connectivity index (χ3n) is 5.22. The van der Waals surface area contributed by atoms with Gasteiger partial charge in [0.05, 0.1) is 11.6 Å². The van der Waals surface area contributed by atoms with Gasteiger partial charge >= 0.3 is 0 Å². The van der Waals surface area contributed by atoms with Crippen LogP contribution in [0.4, 0.5) is 0 Å². The van der Waals surface area contributed by atoms with Gasteiger partial charge in [-0.25, -0.2) is 4.57 Å². The van der Waals surface area contributed by atoms with Crippen LogP contribution in [0.3, 0.4) is 0 Å². The summed E-state index contributed by atoms with van der Waals surface area (Å²) in [7, 11) is -1.63. The Hall–Kier alpha value is -1.16. The van der Waals surface area contributed by atoms with Gasteiger partial charge in [-0.15, -0.1) is 4.98 Å². The minimum Gasteiger partial charge on any atom is -0.304 e. The molecule has 0 N–H and O–H groups in total. The fraction of sp³-hybridized carbons (Fsp3) is 0.600. The maximum atomic E-state index is 4.59. The average Bonchev–Trinajstić information content (AvgIpc) is 2.84. The van der Waals surface area contributed by atoms with Gasteiger partial charge in [-0.05, 0) is 31.0 Å². The number of nitrogens with zero attached hydrogens (tertiary/aromatic N) is 3. The summed E-state index contributed by atoms with van der Waals surface area (Å²) in [5.41, 5.74) is 4.57. The van der Waals surface area contributed by atoms with Crippen LogP contribution < -0.4 is 4.57 Å². The molecule has 2 aromatic rings. The zero-order valence-electron chi connectivity index (χ0n) is 12.8. The van der Waals surface area contributed by atoms with Gasteiger partial charge in [0.1, 0.15) is 11.4 Å². The molecular weight excluding hydrogens is 250 g/mol. The third-order valence-corrected chi connectivity index (χ3v) is 11.7. The summed E-state index contributed by atoms with van der Waals surface area (Å²) in [5, 5.41) is 1.32. The second kappa shape index (κ2) is 3.92. The highest BCUT2D eigenvalue weighted by Gasteiger charge is 2.58. The second-order valence-electron chi connectivity index (χ2n) is 6.53. The van der Waals surface area contributed by atoms with E-state index in [2.05, 4.69) is 73.9 Å². The Labute approximate surface area is 116 Å². The Morgan fingerprint density at radius 2 is 1.89 bits per heavy atom. The topological polar surface area (TPSA) is 21.7 Å². The molecule has 102 valence electrons. The zero-order chi connectivity index (χ0) is 13.9. The standard InChI is InChI=1S/C15H24N3Si/c1-10(2)19(11(3)4)13(6)17-9-16-12(5)14-7-8-18(19)15(14)17/h7-11,13H,1-6H3/q+1. The summed E-state index contributed by atoms with van der Waals surface area (Å²) in [6.07, 6.45) is 4.38. The van der Waals surface area contributed by atoms with Crippen LogP contribution in [0.2, 0.25) is 11.1 Å². The SMILES string of the molecule is Cc1nc[n+]2c3c1ccn3[Si](C(C)C)(C(C)C)C2C. The summed E-state index contributed by atoms with van der Waals surface area (Å²) >= 11 is 0. The first-order valence-corrected chi connectivity index (χ1v) is 9.48. The lowest BCUT2D eigenvalue weighted by Gasteiger charge is -2.35. The van der Waals surface area contributed by atoms with E-state index in [0.717, 1.165) is 16.8 Å². The Morgan fingerprint density at radius 1 is 1.26 bits per heavy atom. The van der Waals surface area contributed by atoms with Crippen LogP contribution >= 0.6 is 0 Å². The lowest BCUT2D eigenvalue weighted by Crippen LogP contribution is -2.56. The number of hydrogen-bond acceptors (Lipinski definition) is 1. The molecule has 0 amide bonds. The Morgan fingerprint density at radius 3 is 2.47 bits per heavy atom. The van der Waals surface area contributed by atoms with Gasteiger partial charge in [-0.2, -0.15) is 0 Å². The summed E-state index contributed by atoms with van der Waals surface area (Å²) in [6, 6.07) is 2.26. The highest BCUT2D eigenvalue weighted by atomic mass is 28.3. The van der Waals surface area contributed by atoms with Gasteiger partial charge in [0.15, 0.2) is 0 Å². The van der Waals surface area contributed by atoms with E-state index in [4.69, 9.17) is 0 Å². The molecule has 0 spiro atoms. The summed E-state index contributed by atoms with van der Waals surface area (Å²) < 4.78 is 5.07. The Balaban J connectivity index is 2.40. The van der Waals surface area contributed by atoms with Crippen LogP contribution in [0, 0.1) is 6.92 Å². The predicted molar refractivity (Wildman–Crippen MR) is 80.7 cm³/mol. The molecule has 1 atom stereocenters. The van der Waals surface area contributed by atoms with Gasteiger partial charge in [-0.1, -0.05) is 27.7 Å². The molecule has 2 aromatic heterocycles. The smallest absolute Gasteiger partial charge is 0.273 e. The molecule has 3 heterocycles. The monoisotopic (exact) mass is 274 g/mol. The normalized spacial score (nSPS) is 20.9. The summed E-state index contributed by atoms with van der Waals surface area (Å²) in [5.74, 6) is 0. The molecule has 0 radical (unpaired) electrons. The average molecular weight is 274 g/mol. The molecular formula is C15H24N3Si+. The van der Waals surface area contributed by atoms with Crippen LogP contribution in [0.25, 0.3) is 11.0 Å². The van der Waals surface area contributed by atoms with Crippen LogP contribution in [-0.2, 0) is 0 Å². The van der Waals surface area contributed by atoms with Gasteiger partial charge in [-0.3, -0.25) is 0 Å². The molecule has 0 fully saturated rings. The van der Waals surface area contributed by atoms with E-state index in [9.17, 15) is 0 Å². The molecule has 0 saturated carbocycles. The van der Waals surface area contributed by atoms with Crippen LogP contribution in [0.1, 0.15) is 46.0 Å². The predicted octanol–water partition coefficient (Wildman–Crippen LogP) is 3.36. The lowest BCUT2D eigenvalue weighted by molar-refractivity contribution is -0.676. The number of hydrogen-bond donors (Lipinski definition) is 0. The highest BCUT2D eigenvalue weighted by Crippen LogP contribution is 2.44. The van der Waals surface area contributed by atoms with Crippen LogP contribution in [0.15, 0.2) is 18.6 Å². The van der Waals surface area contributed by atoms with E-state index in [0.29, 0.717) is 5.67 Å². The van der Waals surface area contributed by atoms with Crippen molar-refractivity contribution in [1.82, 2.24) is 9.22 Å². The highest BCUT2D eigenvalue weighted by molar-refractivity contribution is 6.82. The van der Waals surface area contributed by atoms with Crippen molar-refractivity contribution in [1.29, 1.82) is 0 Å². The maximum absolute atomic E-state index is 4.59. The second-order valence-corrected chi connectivity index (χ2v) is 11.9. The Kier molecular flexibility index (Phi) is 2.65. The molecule has 0 bridgehead atoms. The van der Waals surface area contributed by atoms with Crippen molar-refractivity contribution in [2.75, 3.05) is 0 Å². The minimum atomic E-state index is -1.63. The molecule has 0 saturated heterocycles. The molecule has 1 aliphatic rings. The number of aromatic nitrogens is 3. The molecule has 3 nitrogen and oxygen atoms in total. The van der Waals surface area contributed by atoms with Crippen LogP contribution in [0.5, 0.6) is 0 Å². The van der Waals surface area contributed by atoms with E-state index in [1.54, 1.807) is 0 Å². The van der Waals surface area contributed by atoms with Gasteiger partial charge in [0, 0.05) is 0 Å². The first kappa shape index (κ1) is 12.8. The zero-order valence-corrected chi connectivity index (χ0v) is 13.8. The third kappa shape index (κ3) is 1.33. The molecule has 1 aliphatic heterocycles. The van der Waals surface area contributed by atoms with E-state index < -0.39 is 8.24 Å². The van der Waals surface area contributed by atoms with Gasteiger partial charge in [0.25, 0.3) is 8.24 Å². The Bertz CT molecular complexity index is 634. The molecule has 3 rings (SSSR count). The maximum Gasteiger partial charge on any atom is 0.273 e. The number of aryl methyl sites for hydroxylation is 1. The molecule has 0 aliphatic carbocycles. The first-order valence-electron chi connectivity index (χ1n) is 7.30. The molecule has 0 aromatic carbocycles. The minimum absolute atomic E-state index is 0.583. The summed E-state index contributed by atoms with van der Waals surface area (Å²) in [6.45, 7) is 14.1. The van der Waals surface area contributed by atoms with Crippen LogP contribution in [-0.4, -0.2) is 17.5 Å². The first-order chi connectivity index (χ1) is 8.92. The van der Waals surface area contributed by atoms with E-state index in [1.807, 2.05) is 0 Å². The lowest BCUT2D eigenvalue weighted by atomic mass is 10.3. The molecule has 19 heavy (non-hydrogen) atoms. The van der Waals surface area contributed by atoms with Crippen molar-refractivity contribution in [3.05, 3.63) is 24.3 Å². The van der Waals surface area contributed by atoms with Gasteiger partial charge < -0.3 is 4.23 Å². The molecule has 1 unspecified atom stereocenters. The van der Waals surface area contributed by atoms with E-state index in [-0.39, 0.29) is 0 Å². The van der Waals surface area contributed by atoms with E-state index >= 15 is 0 Å². The fourth-order valence-electron chi connectivity index (χ4n) is 4.45. The van der Waals surface area contributed by atoms with Crippen molar-refractivity contribution in [3.63, 3.8) is 0 Å². The van der Waals surface area contributed by atoms with Gasteiger partial charge in [0.2, 0.25) is 12.0 Å². The van der Waals surface area contributed by atoms with Crippen molar-refractivity contribution in [2.24, 2.45) is 0 Å². The largest absolute Gasteiger partial charge is 0.304 e. The number of rotatable bonds is 2. The van der Waals surface area contributed by atoms with Crippen molar-refractivity contribution in [2.45, 2.75) is 58.3 Å². The molecule has 4 heteroatoms. The fourth-order valence-corrected chi connectivity index (χ4v) is 10.8. The summed E-state index contributed by atoms with van der Waals surface area (Å²) in [4.78, 5) is 4.59.